The fourth-order valence-corrected chi connectivity index (χ4v) is 3.90. The van der Waals surface area contributed by atoms with Crippen LogP contribution < -0.4 is 19.5 Å². The predicted molar refractivity (Wildman–Crippen MR) is 138 cm³/mol. The molecule has 0 spiro atoms. The van der Waals surface area contributed by atoms with Crippen LogP contribution in [0.1, 0.15) is 10.4 Å². The van der Waals surface area contributed by atoms with Gasteiger partial charge in [-0.2, -0.15) is 0 Å². The van der Waals surface area contributed by atoms with Crippen molar-refractivity contribution in [2.45, 2.75) is 30.7 Å². The second kappa shape index (κ2) is 12.7. The topological polar surface area (TPSA) is 208 Å². The van der Waals surface area contributed by atoms with E-state index in [1.807, 2.05) is 0 Å². The van der Waals surface area contributed by atoms with Crippen molar-refractivity contribution in [2.75, 3.05) is 25.1 Å². The van der Waals surface area contributed by atoms with Crippen LogP contribution in [0.3, 0.4) is 0 Å². The number of benzene rings is 3. The molecule has 1 fully saturated rings. The number of para-hydroxylation sites is 4. The zero-order valence-corrected chi connectivity index (χ0v) is 21.0. The third kappa shape index (κ3) is 6.47. The number of rotatable bonds is 10. The van der Waals surface area contributed by atoms with E-state index in [0.717, 1.165) is 0 Å². The van der Waals surface area contributed by atoms with E-state index in [9.17, 15) is 40.5 Å². The van der Waals surface area contributed by atoms with Crippen molar-refractivity contribution in [3.05, 3.63) is 66.2 Å². The van der Waals surface area contributed by atoms with E-state index in [4.69, 9.17) is 18.9 Å². The monoisotopic (exact) mass is 559 g/mol. The number of phenolic OH excluding ortho intramolecular Hbond substituents is 3. The number of carbonyl (C=O) groups excluding carboxylic acids is 1. The number of aliphatic hydroxyl groups excluding tert-OH is 4. The fourth-order valence-electron chi connectivity index (χ4n) is 3.90. The zero-order chi connectivity index (χ0) is 28.8. The van der Waals surface area contributed by atoms with Gasteiger partial charge in [0.1, 0.15) is 50.0 Å². The minimum atomic E-state index is -1.73. The average Bonchev–Trinajstić information content (AvgIpc) is 2.94. The van der Waals surface area contributed by atoms with Gasteiger partial charge in [0.25, 0.3) is 5.91 Å². The van der Waals surface area contributed by atoms with Crippen LogP contribution in [0.5, 0.6) is 34.5 Å². The van der Waals surface area contributed by atoms with Gasteiger partial charge in [0, 0.05) is 0 Å². The summed E-state index contributed by atoms with van der Waals surface area (Å²) in [5.41, 5.74) is 0.179. The van der Waals surface area contributed by atoms with Crippen LogP contribution in [0.15, 0.2) is 60.7 Å². The maximum atomic E-state index is 12.6. The Morgan fingerprint density at radius 2 is 1.40 bits per heavy atom. The Labute approximate surface area is 228 Å². The molecule has 8 N–H and O–H groups in total. The lowest BCUT2D eigenvalue weighted by atomic mass is 9.99. The van der Waals surface area contributed by atoms with Crippen molar-refractivity contribution in [2.24, 2.45) is 0 Å². The molecule has 5 atom stereocenters. The van der Waals surface area contributed by atoms with Gasteiger partial charge in [-0.3, -0.25) is 4.79 Å². The van der Waals surface area contributed by atoms with Crippen molar-refractivity contribution in [3.63, 3.8) is 0 Å². The van der Waals surface area contributed by atoms with Crippen LogP contribution in [0.2, 0.25) is 0 Å². The number of carbonyl (C=O) groups is 1. The third-order valence-corrected chi connectivity index (χ3v) is 6.03. The summed E-state index contributed by atoms with van der Waals surface area (Å²) < 4.78 is 22.1. The van der Waals surface area contributed by atoms with Crippen molar-refractivity contribution in [1.82, 2.24) is 0 Å². The zero-order valence-electron chi connectivity index (χ0n) is 21.0. The van der Waals surface area contributed by atoms with Crippen LogP contribution in [0.25, 0.3) is 0 Å². The van der Waals surface area contributed by atoms with Crippen molar-refractivity contribution in [3.8, 4) is 34.5 Å². The number of hydrogen-bond donors (Lipinski definition) is 8. The largest absolute Gasteiger partial charge is 0.504 e. The summed E-state index contributed by atoms with van der Waals surface area (Å²) in [5.74, 6) is -1.60. The van der Waals surface area contributed by atoms with Gasteiger partial charge in [-0.25, -0.2) is 0 Å². The molecule has 214 valence electrons. The summed E-state index contributed by atoms with van der Waals surface area (Å²) in [7, 11) is 0. The second-order valence-electron chi connectivity index (χ2n) is 8.77. The van der Waals surface area contributed by atoms with Gasteiger partial charge in [-0.15, -0.1) is 0 Å². The van der Waals surface area contributed by atoms with Gasteiger partial charge in [-0.05, 0) is 36.4 Å². The Bertz CT molecular complexity index is 1320. The molecular weight excluding hydrogens is 530 g/mol. The van der Waals surface area contributed by atoms with Gasteiger partial charge in [0.2, 0.25) is 5.75 Å². The Morgan fingerprint density at radius 1 is 0.750 bits per heavy atom. The Morgan fingerprint density at radius 3 is 2.17 bits per heavy atom. The van der Waals surface area contributed by atoms with E-state index in [0.29, 0.717) is 11.4 Å². The lowest BCUT2D eigenvalue weighted by Crippen LogP contribution is -2.58. The molecule has 1 aliphatic heterocycles. The van der Waals surface area contributed by atoms with Gasteiger partial charge in [0.15, 0.2) is 29.3 Å². The standard InChI is InChI=1S/C27H29NO12/c29-16-7-3-5-14(21(16)31)26(35)28-15-6-1-2-9-18(15)37-11-12-38-19-10-4-8-17(30)25(19)39-13-20-22(32)23(33)24(34)27(36)40-20/h1-10,20,22-24,27,29-34,36H,11-13H2,(H,28,35)/t20-,22-,23+,24-,27-/m1/s1. The molecule has 0 bridgehead atoms. The molecule has 13 nitrogen and oxygen atoms in total. The molecule has 0 radical (unpaired) electrons. The molecule has 0 aromatic heterocycles. The minimum absolute atomic E-state index is 0.0000779. The molecule has 13 heteroatoms. The highest BCUT2D eigenvalue weighted by molar-refractivity contribution is 6.07. The molecule has 0 unspecified atom stereocenters. The molecular formula is C27H29NO12. The van der Waals surface area contributed by atoms with Crippen LogP contribution >= 0.6 is 0 Å². The first-order valence-electron chi connectivity index (χ1n) is 12.2. The highest BCUT2D eigenvalue weighted by atomic mass is 16.6. The fraction of sp³-hybridized carbons (Fsp3) is 0.296. The normalized spacial score (nSPS) is 22.4. The number of ether oxygens (including phenoxy) is 4. The number of aliphatic hydroxyl groups is 4. The predicted octanol–water partition coefficient (Wildman–Crippen LogP) is 0.692. The molecule has 4 rings (SSSR count). The maximum Gasteiger partial charge on any atom is 0.259 e. The van der Waals surface area contributed by atoms with E-state index in [1.165, 1.54) is 36.4 Å². The third-order valence-electron chi connectivity index (χ3n) is 6.03. The van der Waals surface area contributed by atoms with Crippen LogP contribution in [-0.4, -0.2) is 92.2 Å². The van der Waals surface area contributed by atoms with Gasteiger partial charge in [0.05, 0.1) is 11.3 Å². The number of hydrogen-bond acceptors (Lipinski definition) is 12. The van der Waals surface area contributed by atoms with Gasteiger partial charge in [-0.1, -0.05) is 24.3 Å². The molecule has 1 aliphatic rings. The van der Waals surface area contributed by atoms with Crippen molar-refractivity contribution < 1.29 is 59.5 Å². The minimum Gasteiger partial charge on any atom is -0.504 e. The molecule has 0 aliphatic carbocycles. The van der Waals surface area contributed by atoms with E-state index >= 15 is 0 Å². The number of aromatic hydroxyl groups is 3. The maximum absolute atomic E-state index is 12.6. The van der Waals surface area contributed by atoms with Crippen LogP contribution in [0.4, 0.5) is 5.69 Å². The lowest BCUT2D eigenvalue weighted by Gasteiger charge is -2.38. The summed E-state index contributed by atoms with van der Waals surface area (Å²) in [6.45, 7) is -0.421. The Hall–Kier alpha value is -4.27. The van der Waals surface area contributed by atoms with Crippen LogP contribution in [0, 0.1) is 0 Å². The first-order chi connectivity index (χ1) is 19.2. The van der Waals surface area contributed by atoms with Gasteiger partial charge < -0.3 is 60.0 Å². The molecule has 1 heterocycles. The Kier molecular flexibility index (Phi) is 9.14. The number of nitrogens with one attached hydrogen (secondary N) is 1. The molecule has 3 aromatic carbocycles. The highest BCUT2D eigenvalue weighted by Gasteiger charge is 2.43. The molecule has 0 saturated carbocycles. The van der Waals surface area contributed by atoms with E-state index < -0.39 is 54.7 Å². The van der Waals surface area contributed by atoms with E-state index in [-0.39, 0.29) is 36.0 Å². The first-order valence-corrected chi connectivity index (χ1v) is 12.2. The summed E-state index contributed by atoms with van der Waals surface area (Å²) in [6.07, 6.45) is -7.85. The van der Waals surface area contributed by atoms with Crippen molar-refractivity contribution in [1.29, 1.82) is 0 Å². The van der Waals surface area contributed by atoms with E-state index in [2.05, 4.69) is 5.32 Å². The molecule has 1 amide bonds. The van der Waals surface area contributed by atoms with Gasteiger partial charge >= 0.3 is 0 Å². The smallest absolute Gasteiger partial charge is 0.259 e. The summed E-state index contributed by atoms with van der Waals surface area (Å²) in [5, 5.41) is 71.8. The summed E-state index contributed by atoms with van der Waals surface area (Å²) in [6, 6.07) is 14.9. The summed E-state index contributed by atoms with van der Waals surface area (Å²) in [4.78, 5) is 12.6. The lowest BCUT2D eigenvalue weighted by molar-refractivity contribution is -0.285. The second-order valence-corrected chi connectivity index (χ2v) is 8.77. The highest BCUT2D eigenvalue weighted by Crippen LogP contribution is 2.37. The van der Waals surface area contributed by atoms with E-state index in [1.54, 1.807) is 24.3 Å². The Balaban J connectivity index is 1.34. The summed E-state index contributed by atoms with van der Waals surface area (Å²) >= 11 is 0. The number of phenols is 3. The quantitative estimate of drug-likeness (QED) is 0.128. The number of amides is 1. The number of anilines is 1. The molecule has 1 saturated heterocycles. The molecule has 3 aromatic rings. The first kappa shape index (κ1) is 28.7. The van der Waals surface area contributed by atoms with Crippen LogP contribution in [-0.2, 0) is 4.74 Å². The van der Waals surface area contributed by atoms with Crippen molar-refractivity contribution >= 4 is 11.6 Å². The SMILES string of the molecule is O=C(Nc1ccccc1OCCOc1cccc(O)c1OC[C@H]1O[C@@H](O)[C@H](O)[C@@H](O)[C@@H]1O)c1cccc(O)c1O. The molecule has 40 heavy (non-hydrogen) atoms. The average molecular weight is 560 g/mol.